The molecule has 0 spiro atoms. The summed E-state index contributed by atoms with van der Waals surface area (Å²) in [5.41, 5.74) is 4.21. The van der Waals surface area contributed by atoms with Crippen molar-refractivity contribution in [3.8, 4) is 10.6 Å². The molecule has 0 amide bonds. The lowest BCUT2D eigenvalue weighted by Crippen LogP contribution is -2.47. The van der Waals surface area contributed by atoms with Crippen LogP contribution in [0.5, 0.6) is 0 Å². The molecule has 3 aliphatic rings. The molecule has 4 aromatic rings. The van der Waals surface area contributed by atoms with Crippen LogP contribution in [0.4, 0.5) is 17.6 Å². The Bertz CT molecular complexity index is 1440. The van der Waals surface area contributed by atoms with Crippen molar-refractivity contribution in [2.45, 2.75) is 44.2 Å². The maximum Gasteiger partial charge on any atom is 0.227 e. The molecular formula is C26H28N8OS. The molecule has 2 atom stereocenters. The highest BCUT2D eigenvalue weighted by atomic mass is 32.1. The van der Waals surface area contributed by atoms with E-state index in [4.69, 9.17) is 15.0 Å². The first kappa shape index (κ1) is 22.0. The normalized spacial score (nSPS) is 21.6. The van der Waals surface area contributed by atoms with E-state index in [-0.39, 0.29) is 6.61 Å². The molecule has 2 bridgehead atoms. The zero-order valence-corrected chi connectivity index (χ0v) is 20.9. The highest BCUT2D eigenvalue weighted by Crippen LogP contribution is 2.41. The highest BCUT2D eigenvalue weighted by Gasteiger charge is 2.44. The summed E-state index contributed by atoms with van der Waals surface area (Å²) < 4.78 is 1.05. The van der Waals surface area contributed by atoms with E-state index in [1.807, 2.05) is 37.6 Å². The Balaban J connectivity index is 1.12. The summed E-state index contributed by atoms with van der Waals surface area (Å²) in [4.78, 5) is 28.2. The number of fused-ring (bicyclic) bond motifs is 3. The molecule has 6 heterocycles. The van der Waals surface area contributed by atoms with Gasteiger partial charge in [-0.25, -0.2) is 15.0 Å². The van der Waals surface area contributed by atoms with E-state index in [1.54, 1.807) is 11.3 Å². The number of aryl methyl sites for hydroxylation is 1. The molecule has 10 heteroatoms. The fraction of sp³-hybridized carbons (Fsp3) is 0.423. The van der Waals surface area contributed by atoms with E-state index in [2.05, 4.69) is 31.2 Å². The zero-order chi connectivity index (χ0) is 24.2. The molecule has 2 aliphatic heterocycles. The van der Waals surface area contributed by atoms with Crippen molar-refractivity contribution >= 4 is 39.1 Å². The van der Waals surface area contributed by atoms with Crippen LogP contribution in [0.2, 0.25) is 0 Å². The lowest BCUT2D eigenvalue weighted by atomic mass is 10.1. The van der Waals surface area contributed by atoms with Crippen LogP contribution in [0.1, 0.15) is 36.4 Å². The Morgan fingerprint density at radius 3 is 2.75 bits per heavy atom. The summed E-state index contributed by atoms with van der Waals surface area (Å²) in [6, 6.07) is 7.02. The van der Waals surface area contributed by atoms with Gasteiger partial charge in [-0.1, -0.05) is 0 Å². The Kier molecular flexibility index (Phi) is 5.33. The minimum absolute atomic E-state index is 0.208. The van der Waals surface area contributed by atoms with Gasteiger partial charge in [0.25, 0.3) is 0 Å². The second kappa shape index (κ2) is 8.72. The SMILES string of the molecule is Cc1cc(Nc2cc3nc(-c4cncc(C5CC5)c4)sc3cn2)nc(N2C[C@@H]3C[C@H]2CN3CCO)n1. The topological polar surface area (TPSA) is 103 Å². The summed E-state index contributed by atoms with van der Waals surface area (Å²) >= 11 is 1.64. The van der Waals surface area contributed by atoms with E-state index in [0.717, 1.165) is 64.3 Å². The number of nitrogens with zero attached hydrogens (tertiary/aromatic N) is 7. The lowest BCUT2D eigenvalue weighted by Gasteiger charge is -2.34. The van der Waals surface area contributed by atoms with Crippen molar-refractivity contribution in [2.24, 2.45) is 0 Å². The van der Waals surface area contributed by atoms with E-state index >= 15 is 0 Å². The van der Waals surface area contributed by atoms with Gasteiger partial charge in [0.15, 0.2) is 0 Å². The maximum absolute atomic E-state index is 9.31. The molecule has 9 nitrogen and oxygen atoms in total. The van der Waals surface area contributed by atoms with Gasteiger partial charge in [-0.15, -0.1) is 11.3 Å². The molecule has 1 aliphatic carbocycles. The molecule has 2 N–H and O–H groups in total. The second-order valence-corrected chi connectivity index (χ2v) is 11.1. The first-order chi connectivity index (χ1) is 17.6. The van der Waals surface area contributed by atoms with Crippen LogP contribution in [0.25, 0.3) is 20.8 Å². The number of likely N-dealkylation sites (tertiary alicyclic amines) is 1. The zero-order valence-electron chi connectivity index (χ0n) is 20.1. The molecule has 1 saturated carbocycles. The van der Waals surface area contributed by atoms with E-state index in [9.17, 15) is 5.11 Å². The van der Waals surface area contributed by atoms with Gasteiger partial charge < -0.3 is 15.3 Å². The minimum atomic E-state index is 0.208. The summed E-state index contributed by atoms with van der Waals surface area (Å²) in [5, 5.41) is 13.7. The number of nitrogens with one attached hydrogen (secondary N) is 1. The van der Waals surface area contributed by atoms with Gasteiger partial charge in [0.1, 0.15) is 16.6 Å². The van der Waals surface area contributed by atoms with Crippen molar-refractivity contribution in [1.29, 1.82) is 0 Å². The standard InChI is InChI=1S/C26H28N8OS/c1-15-6-24(32-26(29-15)34-14-19-8-20(34)13-33(19)4-5-35)31-23-9-21-22(12-28-23)36-25(30-21)18-7-17(10-27-11-18)16-2-3-16/h6-7,9-12,16,19-20,35H,2-5,8,13-14H2,1H3,(H,28,29,31,32)/t19-,20-/m0/s1. The van der Waals surface area contributed by atoms with Crippen LogP contribution < -0.4 is 10.2 Å². The number of anilines is 3. The third kappa shape index (κ3) is 4.08. The smallest absolute Gasteiger partial charge is 0.227 e. The van der Waals surface area contributed by atoms with Crippen LogP contribution in [-0.4, -0.2) is 73.3 Å². The number of β-amino-alcohol motifs (C(OH)–C–C–N with tert-alkyl or cyclic N) is 1. The summed E-state index contributed by atoms with van der Waals surface area (Å²) in [5.74, 6) is 2.87. The number of rotatable bonds is 7. The van der Waals surface area contributed by atoms with Crippen molar-refractivity contribution in [3.05, 3.63) is 48.0 Å². The van der Waals surface area contributed by atoms with Crippen LogP contribution >= 0.6 is 11.3 Å². The van der Waals surface area contributed by atoms with Gasteiger partial charge in [0.05, 0.1) is 16.8 Å². The Hall–Kier alpha value is -3.21. The predicted molar refractivity (Wildman–Crippen MR) is 141 cm³/mol. The van der Waals surface area contributed by atoms with Gasteiger partial charge in [-0.2, -0.15) is 4.98 Å². The number of aliphatic hydroxyl groups is 1. The molecule has 4 aromatic heterocycles. The summed E-state index contributed by atoms with van der Waals surface area (Å²) in [6.45, 7) is 4.80. The average Bonchev–Trinajstić information content (AvgIpc) is 3.34. The third-order valence-corrected chi connectivity index (χ3v) is 8.48. The monoisotopic (exact) mass is 500 g/mol. The molecule has 0 aromatic carbocycles. The minimum Gasteiger partial charge on any atom is -0.395 e. The van der Waals surface area contributed by atoms with E-state index < -0.39 is 0 Å². The van der Waals surface area contributed by atoms with Crippen LogP contribution in [-0.2, 0) is 0 Å². The van der Waals surface area contributed by atoms with Gasteiger partial charge in [-0.05, 0) is 43.7 Å². The number of pyridine rings is 2. The third-order valence-electron chi connectivity index (χ3n) is 7.43. The van der Waals surface area contributed by atoms with Crippen molar-refractivity contribution in [2.75, 3.05) is 36.5 Å². The molecule has 7 rings (SSSR count). The molecule has 0 unspecified atom stereocenters. The second-order valence-electron chi connectivity index (χ2n) is 10.1. The first-order valence-corrected chi connectivity index (χ1v) is 13.4. The van der Waals surface area contributed by atoms with Crippen LogP contribution in [0, 0.1) is 6.92 Å². The Labute approximate surface area is 213 Å². The van der Waals surface area contributed by atoms with Crippen molar-refractivity contribution < 1.29 is 5.11 Å². The number of thiazole rings is 1. The molecule has 36 heavy (non-hydrogen) atoms. The van der Waals surface area contributed by atoms with Gasteiger partial charge in [-0.3, -0.25) is 9.88 Å². The molecule has 2 saturated heterocycles. The Morgan fingerprint density at radius 1 is 1.03 bits per heavy atom. The molecular weight excluding hydrogens is 472 g/mol. The molecule has 184 valence electrons. The largest absolute Gasteiger partial charge is 0.395 e. The fourth-order valence-electron chi connectivity index (χ4n) is 5.51. The van der Waals surface area contributed by atoms with Gasteiger partial charge in [0.2, 0.25) is 5.95 Å². The summed E-state index contributed by atoms with van der Waals surface area (Å²) in [6.07, 6.45) is 9.37. The summed E-state index contributed by atoms with van der Waals surface area (Å²) in [7, 11) is 0. The Morgan fingerprint density at radius 2 is 1.94 bits per heavy atom. The number of aliphatic hydroxyl groups excluding tert-OH is 1. The number of piperazine rings is 1. The number of hydrogen-bond acceptors (Lipinski definition) is 10. The van der Waals surface area contributed by atoms with Gasteiger partial charge in [0, 0.05) is 73.7 Å². The number of hydrogen-bond donors (Lipinski definition) is 2. The maximum atomic E-state index is 9.31. The fourth-order valence-corrected chi connectivity index (χ4v) is 6.41. The lowest BCUT2D eigenvalue weighted by molar-refractivity contribution is 0.176. The molecule has 0 radical (unpaired) electrons. The van der Waals surface area contributed by atoms with Crippen LogP contribution in [0.15, 0.2) is 36.8 Å². The van der Waals surface area contributed by atoms with E-state index in [1.165, 1.54) is 18.4 Å². The van der Waals surface area contributed by atoms with E-state index in [0.29, 0.717) is 23.8 Å². The van der Waals surface area contributed by atoms with Crippen molar-refractivity contribution in [3.63, 3.8) is 0 Å². The van der Waals surface area contributed by atoms with Crippen molar-refractivity contribution in [1.82, 2.24) is 29.8 Å². The van der Waals surface area contributed by atoms with Gasteiger partial charge >= 0.3 is 0 Å². The highest BCUT2D eigenvalue weighted by molar-refractivity contribution is 7.21. The predicted octanol–water partition coefficient (Wildman–Crippen LogP) is 3.73. The first-order valence-electron chi connectivity index (χ1n) is 12.6. The molecule has 3 fully saturated rings. The van der Waals surface area contributed by atoms with Crippen LogP contribution in [0.3, 0.4) is 0 Å². The number of aromatic nitrogens is 5. The quantitative estimate of drug-likeness (QED) is 0.393. The average molecular weight is 501 g/mol.